The lowest BCUT2D eigenvalue weighted by atomic mass is 10.2. The number of fused-ring (bicyclic) bond motifs is 2. The molecule has 6 nitrogen and oxygen atoms in total. The van der Waals surface area contributed by atoms with Crippen LogP contribution in [0.4, 0.5) is 0 Å². The molecule has 1 N–H and O–H groups in total. The number of thiazole rings is 1. The first-order valence-corrected chi connectivity index (χ1v) is 11.1. The first-order valence-electron chi connectivity index (χ1n) is 9.30. The van der Waals surface area contributed by atoms with Crippen LogP contribution in [0.25, 0.3) is 21.1 Å². The van der Waals surface area contributed by atoms with Gasteiger partial charge in [0.2, 0.25) is 5.91 Å². The van der Waals surface area contributed by atoms with Gasteiger partial charge in [0.15, 0.2) is 4.34 Å². The number of hydrogen-bond donors (Lipinski definition) is 1. The number of H-pyrrole nitrogens is 1. The first-order chi connectivity index (χ1) is 14.1. The molecule has 0 atom stereocenters. The zero-order valence-electron chi connectivity index (χ0n) is 15.9. The minimum Gasteiger partial charge on any atom is -0.338 e. The van der Waals surface area contributed by atoms with Crippen LogP contribution >= 0.6 is 23.1 Å². The largest absolute Gasteiger partial charge is 0.338 e. The molecule has 0 fully saturated rings. The predicted octanol–water partition coefficient (Wildman–Crippen LogP) is 4.06. The standard InChI is InChI=1S/C21H20N4O2S2/c1-25(13-18-22-15-8-3-2-7-14(15)20(27)24-18)19(26)11-6-12-28-21-23-16-9-4-5-10-17(16)29-21/h2-5,7-10H,6,11-13H2,1H3,(H,22,24,27). The van der Waals surface area contributed by atoms with E-state index in [9.17, 15) is 9.59 Å². The van der Waals surface area contributed by atoms with Crippen molar-refractivity contribution in [1.29, 1.82) is 0 Å². The summed E-state index contributed by atoms with van der Waals surface area (Å²) < 4.78 is 2.22. The van der Waals surface area contributed by atoms with E-state index < -0.39 is 0 Å². The zero-order valence-corrected chi connectivity index (χ0v) is 17.6. The van der Waals surface area contributed by atoms with Crippen molar-refractivity contribution in [2.24, 2.45) is 0 Å². The number of nitrogens with zero attached hydrogens (tertiary/aromatic N) is 3. The van der Waals surface area contributed by atoms with Crippen LogP contribution in [-0.2, 0) is 11.3 Å². The summed E-state index contributed by atoms with van der Waals surface area (Å²) in [5.41, 5.74) is 1.48. The van der Waals surface area contributed by atoms with Gasteiger partial charge in [-0.1, -0.05) is 36.0 Å². The van der Waals surface area contributed by atoms with Gasteiger partial charge >= 0.3 is 0 Å². The number of aromatic amines is 1. The lowest BCUT2D eigenvalue weighted by Gasteiger charge is -2.16. The molecule has 2 aromatic carbocycles. The van der Waals surface area contributed by atoms with Crippen molar-refractivity contribution in [3.8, 4) is 0 Å². The fourth-order valence-corrected chi connectivity index (χ4v) is 5.09. The number of amides is 1. The topological polar surface area (TPSA) is 79.0 Å². The minimum absolute atomic E-state index is 0.0331. The lowest BCUT2D eigenvalue weighted by molar-refractivity contribution is -0.130. The van der Waals surface area contributed by atoms with Crippen molar-refractivity contribution in [2.45, 2.75) is 23.7 Å². The molecule has 0 aliphatic heterocycles. The molecule has 1 amide bonds. The highest BCUT2D eigenvalue weighted by atomic mass is 32.2. The highest BCUT2D eigenvalue weighted by Crippen LogP contribution is 2.29. The molecule has 0 aliphatic rings. The first kappa shape index (κ1) is 19.6. The molecule has 0 saturated heterocycles. The lowest BCUT2D eigenvalue weighted by Crippen LogP contribution is -2.28. The highest BCUT2D eigenvalue weighted by molar-refractivity contribution is 8.01. The average Bonchev–Trinajstić information content (AvgIpc) is 3.14. The van der Waals surface area contributed by atoms with Gasteiger partial charge in [-0.15, -0.1) is 11.3 Å². The third kappa shape index (κ3) is 4.65. The van der Waals surface area contributed by atoms with E-state index in [1.807, 2.05) is 24.3 Å². The second-order valence-corrected chi connectivity index (χ2v) is 9.05. The van der Waals surface area contributed by atoms with Crippen LogP contribution in [0.3, 0.4) is 0 Å². The normalized spacial score (nSPS) is 11.2. The van der Waals surface area contributed by atoms with Gasteiger partial charge in [-0.25, -0.2) is 9.97 Å². The Morgan fingerprint density at radius 1 is 1.10 bits per heavy atom. The maximum absolute atomic E-state index is 12.4. The molecule has 8 heteroatoms. The minimum atomic E-state index is -0.182. The number of thioether (sulfide) groups is 1. The Bertz CT molecular complexity index is 1180. The van der Waals surface area contributed by atoms with Crippen LogP contribution < -0.4 is 5.56 Å². The molecule has 0 bridgehead atoms. The van der Waals surface area contributed by atoms with Gasteiger partial charge in [-0.3, -0.25) is 9.59 Å². The number of hydrogen-bond acceptors (Lipinski definition) is 6. The van der Waals surface area contributed by atoms with Crippen LogP contribution in [0.2, 0.25) is 0 Å². The quantitative estimate of drug-likeness (QED) is 0.357. The SMILES string of the molecule is CN(Cc1nc2ccccc2c(=O)[nH]1)C(=O)CCCSc1nc2ccccc2s1. The molecule has 0 saturated carbocycles. The Labute approximate surface area is 176 Å². The molecule has 2 aromatic heterocycles. The summed E-state index contributed by atoms with van der Waals surface area (Å²) in [4.78, 5) is 38.0. The Balaban J connectivity index is 1.29. The van der Waals surface area contributed by atoms with Crippen molar-refractivity contribution in [1.82, 2.24) is 19.9 Å². The Kier molecular flexibility index (Phi) is 5.92. The number of benzene rings is 2. The molecule has 29 heavy (non-hydrogen) atoms. The van der Waals surface area contributed by atoms with Gasteiger partial charge in [-0.05, 0) is 30.7 Å². The summed E-state index contributed by atoms with van der Waals surface area (Å²) in [6, 6.07) is 15.3. The third-order valence-corrected chi connectivity index (χ3v) is 6.78. The van der Waals surface area contributed by atoms with Crippen molar-refractivity contribution >= 4 is 50.1 Å². The monoisotopic (exact) mass is 424 g/mol. The van der Waals surface area contributed by atoms with Gasteiger partial charge in [0.1, 0.15) is 5.82 Å². The fraction of sp³-hybridized carbons (Fsp3) is 0.238. The molecule has 0 unspecified atom stereocenters. The van der Waals surface area contributed by atoms with Gasteiger partial charge in [0.05, 0.1) is 27.7 Å². The van der Waals surface area contributed by atoms with Gasteiger partial charge in [-0.2, -0.15) is 0 Å². The Morgan fingerprint density at radius 2 is 1.86 bits per heavy atom. The van der Waals surface area contributed by atoms with Crippen LogP contribution in [0, 0.1) is 0 Å². The van der Waals surface area contributed by atoms with Gasteiger partial charge < -0.3 is 9.88 Å². The Morgan fingerprint density at radius 3 is 2.69 bits per heavy atom. The van der Waals surface area contributed by atoms with Crippen molar-refractivity contribution in [2.75, 3.05) is 12.8 Å². The average molecular weight is 425 g/mol. The van der Waals surface area contributed by atoms with Crippen LogP contribution in [0.5, 0.6) is 0 Å². The number of aromatic nitrogens is 3. The van der Waals surface area contributed by atoms with E-state index in [2.05, 4.69) is 21.0 Å². The number of nitrogens with one attached hydrogen (secondary N) is 1. The second-order valence-electron chi connectivity index (χ2n) is 6.68. The fourth-order valence-electron chi connectivity index (χ4n) is 3.01. The smallest absolute Gasteiger partial charge is 0.258 e. The molecule has 4 rings (SSSR count). The summed E-state index contributed by atoms with van der Waals surface area (Å²) in [5, 5.41) is 0.553. The Hall–Kier alpha value is -2.71. The van der Waals surface area contributed by atoms with Crippen LogP contribution in [0.15, 0.2) is 57.7 Å². The summed E-state index contributed by atoms with van der Waals surface area (Å²) in [6.45, 7) is 0.282. The molecule has 0 spiro atoms. The summed E-state index contributed by atoms with van der Waals surface area (Å²) in [6.07, 6.45) is 1.22. The number of para-hydroxylation sites is 2. The van der Waals surface area contributed by atoms with E-state index in [0.717, 1.165) is 22.0 Å². The third-order valence-electron chi connectivity index (χ3n) is 4.51. The van der Waals surface area contributed by atoms with Crippen molar-refractivity contribution in [3.05, 3.63) is 64.7 Å². The molecular weight excluding hydrogens is 404 g/mol. The zero-order chi connectivity index (χ0) is 20.2. The molecule has 0 radical (unpaired) electrons. The maximum Gasteiger partial charge on any atom is 0.258 e. The number of carbonyl (C=O) groups excluding carboxylic acids is 1. The van der Waals surface area contributed by atoms with E-state index in [4.69, 9.17) is 0 Å². The maximum atomic E-state index is 12.4. The van der Waals surface area contributed by atoms with Crippen molar-refractivity contribution in [3.63, 3.8) is 0 Å². The van der Waals surface area contributed by atoms with Gasteiger partial charge in [0, 0.05) is 19.2 Å². The summed E-state index contributed by atoms with van der Waals surface area (Å²) >= 11 is 3.36. The van der Waals surface area contributed by atoms with Gasteiger partial charge in [0.25, 0.3) is 5.56 Å². The summed E-state index contributed by atoms with van der Waals surface area (Å²) in [5.74, 6) is 1.36. The molecule has 4 aromatic rings. The predicted molar refractivity (Wildman–Crippen MR) is 118 cm³/mol. The van der Waals surface area contributed by atoms with Crippen molar-refractivity contribution < 1.29 is 4.79 Å². The molecule has 2 heterocycles. The number of rotatable bonds is 7. The summed E-state index contributed by atoms with van der Waals surface area (Å²) in [7, 11) is 1.73. The molecule has 0 aliphatic carbocycles. The molecule has 148 valence electrons. The second kappa shape index (κ2) is 8.75. The van der Waals surface area contributed by atoms with E-state index in [1.165, 1.54) is 4.70 Å². The molecular formula is C21H20N4O2S2. The van der Waals surface area contributed by atoms with Crippen LogP contribution in [0.1, 0.15) is 18.7 Å². The van der Waals surface area contributed by atoms with E-state index >= 15 is 0 Å². The van der Waals surface area contributed by atoms with E-state index in [1.54, 1.807) is 53.2 Å². The highest BCUT2D eigenvalue weighted by Gasteiger charge is 2.12. The van der Waals surface area contributed by atoms with E-state index in [-0.39, 0.29) is 18.0 Å². The van der Waals surface area contributed by atoms with Crippen LogP contribution in [-0.4, -0.2) is 38.6 Å². The van der Waals surface area contributed by atoms with E-state index in [0.29, 0.717) is 23.1 Å². The number of carbonyl (C=O) groups is 1.